The second-order valence-electron chi connectivity index (χ2n) is 7.42. The fraction of sp³-hybridized carbons (Fsp3) is 0.400. The predicted octanol–water partition coefficient (Wildman–Crippen LogP) is 3.81. The number of aliphatic hydroxyl groups is 1. The van der Waals surface area contributed by atoms with E-state index < -0.39 is 5.60 Å². The van der Waals surface area contributed by atoms with Crippen LogP contribution in [0.1, 0.15) is 38.2 Å². The Hall–Kier alpha value is -2.40. The van der Waals surface area contributed by atoms with Crippen molar-refractivity contribution in [2.24, 2.45) is 0 Å². The van der Waals surface area contributed by atoms with Gasteiger partial charge < -0.3 is 10.4 Å². The predicted molar refractivity (Wildman–Crippen MR) is 99.7 cm³/mol. The van der Waals surface area contributed by atoms with E-state index in [-0.39, 0.29) is 0 Å². The maximum absolute atomic E-state index is 10.1. The van der Waals surface area contributed by atoms with Gasteiger partial charge in [-0.05, 0) is 57.7 Å². The lowest BCUT2D eigenvalue weighted by Crippen LogP contribution is -2.36. The van der Waals surface area contributed by atoms with E-state index in [9.17, 15) is 5.11 Å². The van der Waals surface area contributed by atoms with Gasteiger partial charge in [0.2, 0.25) is 0 Å². The molecule has 0 radical (unpaired) electrons. The quantitative estimate of drug-likeness (QED) is 0.763. The molecule has 0 unspecified atom stereocenters. The van der Waals surface area contributed by atoms with Crippen LogP contribution in [-0.4, -0.2) is 31.3 Å². The van der Waals surface area contributed by atoms with Crippen LogP contribution < -0.4 is 5.32 Å². The Morgan fingerprint density at radius 1 is 1.20 bits per heavy atom. The molecule has 0 aliphatic heterocycles. The molecular formula is C20H24N4O. The van der Waals surface area contributed by atoms with Gasteiger partial charge in [-0.25, -0.2) is 9.50 Å². The third-order valence-electron chi connectivity index (χ3n) is 5.09. The first kappa shape index (κ1) is 16.1. The first-order chi connectivity index (χ1) is 12.0. The summed E-state index contributed by atoms with van der Waals surface area (Å²) in [5, 5.41) is 18.4. The molecule has 1 fully saturated rings. The Bertz CT molecular complexity index is 890. The summed E-state index contributed by atoms with van der Waals surface area (Å²) in [5.41, 5.74) is 3.66. The summed E-state index contributed by atoms with van der Waals surface area (Å²) >= 11 is 0. The minimum Gasteiger partial charge on any atom is -0.390 e. The number of rotatable bonds is 3. The van der Waals surface area contributed by atoms with Crippen LogP contribution in [0.15, 0.2) is 42.6 Å². The summed E-state index contributed by atoms with van der Waals surface area (Å²) in [6.07, 6.45) is 5.44. The van der Waals surface area contributed by atoms with Gasteiger partial charge in [-0.1, -0.05) is 23.8 Å². The molecule has 0 spiro atoms. The van der Waals surface area contributed by atoms with E-state index >= 15 is 0 Å². The molecule has 2 heterocycles. The smallest absolute Gasteiger partial charge is 0.154 e. The Balaban J connectivity index is 1.61. The first-order valence-electron chi connectivity index (χ1n) is 8.91. The molecule has 1 aliphatic rings. The Morgan fingerprint density at radius 3 is 2.76 bits per heavy atom. The lowest BCUT2D eigenvalue weighted by molar-refractivity contribution is 0.0196. The number of anilines is 1. The Morgan fingerprint density at radius 2 is 2.00 bits per heavy atom. The van der Waals surface area contributed by atoms with Crippen molar-refractivity contribution in [3.05, 3.63) is 48.2 Å². The molecule has 0 saturated heterocycles. The first-order valence-corrected chi connectivity index (χ1v) is 8.91. The molecule has 5 heteroatoms. The number of hydrogen-bond acceptors (Lipinski definition) is 4. The number of nitrogens with zero attached hydrogens (tertiary/aromatic N) is 3. The van der Waals surface area contributed by atoms with Gasteiger partial charge >= 0.3 is 0 Å². The number of aryl methyl sites for hydroxylation is 1. The zero-order chi connectivity index (χ0) is 17.4. The highest BCUT2D eigenvalue weighted by Crippen LogP contribution is 2.29. The van der Waals surface area contributed by atoms with Crippen molar-refractivity contribution in [2.75, 3.05) is 5.32 Å². The van der Waals surface area contributed by atoms with E-state index in [1.165, 1.54) is 5.56 Å². The molecule has 0 bridgehead atoms. The number of benzene rings is 1. The molecule has 3 aromatic rings. The van der Waals surface area contributed by atoms with E-state index in [4.69, 9.17) is 5.10 Å². The lowest BCUT2D eigenvalue weighted by Gasteiger charge is -2.33. The van der Waals surface area contributed by atoms with E-state index in [2.05, 4.69) is 41.5 Å². The monoisotopic (exact) mass is 336 g/mol. The second kappa shape index (κ2) is 6.15. The second-order valence-corrected chi connectivity index (χ2v) is 7.42. The summed E-state index contributed by atoms with van der Waals surface area (Å²) in [7, 11) is 0. The maximum Gasteiger partial charge on any atom is 0.154 e. The average Bonchev–Trinajstić information content (AvgIpc) is 3.00. The molecule has 0 amide bonds. The normalized spacial score (nSPS) is 23.7. The standard InChI is InChI=1S/C20H24N4O/c1-14-4-3-5-15(12-14)17-13-21-19-7-6-18(23-24(17)19)22-16-8-10-20(2,25)11-9-16/h3-7,12-13,16,25H,8-11H2,1-2H3,(H,22,23)/t16-,20-. The minimum absolute atomic E-state index is 0.358. The van der Waals surface area contributed by atoms with E-state index in [1.54, 1.807) is 0 Å². The van der Waals surface area contributed by atoms with Crippen LogP contribution in [0.4, 0.5) is 5.82 Å². The average molecular weight is 336 g/mol. The number of imidazole rings is 1. The molecule has 1 saturated carbocycles. The molecule has 1 aliphatic carbocycles. The molecule has 4 rings (SSSR count). The van der Waals surface area contributed by atoms with Gasteiger partial charge in [0.05, 0.1) is 17.5 Å². The molecule has 2 aromatic heterocycles. The van der Waals surface area contributed by atoms with Crippen molar-refractivity contribution < 1.29 is 5.11 Å². The van der Waals surface area contributed by atoms with Crippen LogP contribution >= 0.6 is 0 Å². The van der Waals surface area contributed by atoms with Crippen molar-refractivity contribution in [2.45, 2.75) is 51.2 Å². The van der Waals surface area contributed by atoms with Gasteiger partial charge in [0.25, 0.3) is 0 Å². The van der Waals surface area contributed by atoms with Crippen LogP contribution in [0, 0.1) is 6.92 Å². The highest BCUT2D eigenvalue weighted by molar-refractivity contribution is 5.64. The van der Waals surface area contributed by atoms with Crippen molar-refractivity contribution in [1.29, 1.82) is 0 Å². The Kier molecular flexibility index (Phi) is 3.96. The molecule has 130 valence electrons. The third kappa shape index (κ3) is 3.37. The largest absolute Gasteiger partial charge is 0.390 e. The van der Waals surface area contributed by atoms with Gasteiger partial charge in [-0.2, -0.15) is 0 Å². The summed E-state index contributed by atoms with van der Waals surface area (Å²) < 4.78 is 1.90. The Labute approximate surface area is 147 Å². The highest BCUT2D eigenvalue weighted by Gasteiger charge is 2.28. The van der Waals surface area contributed by atoms with E-state index in [0.717, 1.165) is 48.4 Å². The van der Waals surface area contributed by atoms with Crippen LogP contribution in [0.3, 0.4) is 0 Å². The van der Waals surface area contributed by atoms with Crippen LogP contribution in [0.5, 0.6) is 0 Å². The van der Waals surface area contributed by atoms with Crippen molar-refractivity contribution >= 4 is 11.5 Å². The van der Waals surface area contributed by atoms with Crippen molar-refractivity contribution in [3.8, 4) is 11.3 Å². The van der Waals surface area contributed by atoms with E-state index in [1.807, 2.05) is 29.8 Å². The summed E-state index contributed by atoms with van der Waals surface area (Å²) in [4.78, 5) is 4.47. The number of fused-ring (bicyclic) bond motifs is 1. The number of aromatic nitrogens is 3. The SMILES string of the molecule is Cc1cccc(-c2cnc3ccc(N[C@H]4CC[C@](C)(O)CC4)nn23)c1. The van der Waals surface area contributed by atoms with Crippen molar-refractivity contribution in [3.63, 3.8) is 0 Å². The lowest BCUT2D eigenvalue weighted by atomic mass is 9.84. The zero-order valence-corrected chi connectivity index (χ0v) is 14.7. The van der Waals surface area contributed by atoms with Gasteiger partial charge in [-0.15, -0.1) is 5.10 Å². The molecule has 1 aromatic carbocycles. The van der Waals surface area contributed by atoms with Crippen LogP contribution in [0.2, 0.25) is 0 Å². The molecule has 0 atom stereocenters. The van der Waals surface area contributed by atoms with Crippen molar-refractivity contribution in [1.82, 2.24) is 14.6 Å². The number of hydrogen-bond donors (Lipinski definition) is 2. The third-order valence-corrected chi connectivity index (χ3v) is 5.09. The van der Waals surface area contributed by atoms with Crippen LogP contribution in [-0.2, 0) is 0 Å². The van der Waals surface area contributed by atoms with Gasteiger partial charge in [0, 0.05) is 11.6 Å². The number of nitrogens with one attached hydrogen (secondary N) is 1. The van der Waals surface area contributed by atoms with Gasteiger partial charge in [0.1, 0.15) is 5.82 Å². The van der Waals surface area contributed by atoms with Crippen LogP contribution in [0.25, 0.3) is 16.9 Å². The molecular weight excluding hydrogens is 312 g/mol. The molecule has 5 nitrogen and oxygen atoms in total. The van der Waals surface area contributed by atoms with Gasteiger partial charge in [0.15, 0.2) is 5.65 Å². The molecule has 25 heavy (non-hydrogen) atoms. The summed E-state index contributed by atoms with van der Waals surface area (Å²) in [5.74, 6) is 0.853. The molecule has 2 N–H and O–H groups in total. The maximum atomic E-state index is 10.1. The highest BCUT2D eigenvalue weighted by atomic mass is 16.3. The van der Waals surface area contributed by atoms with Gasteiger partial charge in [-0.3, -0.25) is 0 Å². The zero-order valence-electron chi connectivity index (χ0n) is 14.7. The fourth-order valence-electron chi connectivity index (χ4n) is 3.54. The fourth-order valence-corrected chi connectivity index (χ4v) is 3.54. The minimum atomic E-state index is -0.516. The van der Waals surface area contributed by atoms with E-state index in [0.29, 0.717) is 6.04 Å². The summed E-state index contributed by atoms with van der Waals surface area (Å²) in [6, 6.07) is 12.7. The summed E-state index contributed by atoms with van der Waals surface area (Å²) in [6.45, 7) is 4.01. The topological polar surface area (TPSA) is 62.5 Å².